The number of hydrogen-bond acceptors (Lipinski definition) is 8. The summed E-state index contributed by atoms with van der Waals surface area (Å²) in [6.45, 7) is 6.91. The van der Waals surface area contributed by atoms with Crippen LogP contribution in [0.15, 0.2) is 59.3 Å². The number of para-hydroxylation sites is 1. The van der Waals surface area contributed by atoms with Crippen LogP contribution in [0.4, 0.5) is 11.6 Å². The van der Waals surface area contributed by atoms with E-state index >= 15 is 0 Å². The highest BCUT2D eigenvalue weighted by atomic mass is 31.1. The van der Waals surface area contributed by atoms with Gasteiger partial charge in [0.05, 0.1) is 17.4 Å². The van der Waals surface area contributed by atoms with E-state index in [9.17, 15) is 0 Å². The van der Waals surface area contributed by atoms with Gasteiger partial charge in [-0.1, -0.05) is 31.2 Å². The quantitative estimate of drug-likeness (QED) is 0.291. The van der Waals surface area contributed by atoms with E-state index < -0.39 is 0 Å². The molecule has 0 saturated carbocycles. The molecule has 1 atom stereocenters. The number of hydrogen-bond donors (Lipinski definition) is 1. The van der Waals surface area contributed by atoms with Gasteiger partial charge >= 0.3 is 0 Å². The van der Waals surface area contributed by atoms with Crippen molar-refractivity contribution < 1.29 is 4.42 Å². The van der Waals surface area contributed by atoms with Crippen LogP contribution in [0, 0.1) is 0 Å². The normalized spacial score (nSPS) is 12.1. The van der Waals surface area contributed by atoms with Gasteiger partial charge < -0.3 is 15.1 Å². The number of pyridine rings is 1. The average molecular weight is 525 g/mol. The van der Waals surface area contributed by atoms with Crippen molar-refractivity contribution in [3.05, 3.63) is 60.4 Å². The fourth-order valence-corrected chi connectivity index (χ4v) is 5.30. The summed E-state index contributed by atoms with van der Waals surface area (Å²) in [5.41, 5.74) is 13.0. The maximum atomic E-state index is 6.39. The summed E-state index contributed by atoms with van der Waals surface area (Å²) in [7, 11) is 2.61. The summed E-state index contributed by atoms with van der Waals surface area (Å²) in [5.74, 6) is 1.30. The summed E-state index contributed by atoms with van der Waals surface area (Å²) < 4.78 is 7.90. The molecule has 0 bridgehead atoms. The van der Waals surface area contributed by atoms with Crippen molar-refractivity contribution >= 4 is 58.9 Å². The second-order valence-electron chi connectivity index (χ2n) is 9.56. The van der Waals surface area contributed by atoms with E-state index in [0.29, 0.717) is 32.3 Å². The Morgan fingerprint density at radius 1 is 1.05 bits per heavy atom. The van der Waals surface area contributed by atoms with Gasteiger partial charge in [0.25, 0.3) is 0 Å². The van der Waals surface area contributed by atoms with Crippen LogP contribution in [0.25, 0.3) is 44.3 Å². The Hall–Kier alpha value is -4.10. The first-order valence-corrected chi connectivity index (χ1v) is 13.9. The Labute approximate surface area is 221 Å². The van der Waals surface area contributed by atoms with E-state index in [-0.39, 0.29) is 6.04 Å². The van der Waals surface area contributed by atoms with Gasteiger partial charge in [-0.25, -0.2) is 24.6 Å². The molecule has 0 saturated heterocycles. The van der Waals surface area contributed by atoms with Gasteiger partial charge in [-0.05, 0) is 52.9 Å². The molecule has 4 aromatic heterocycles. The molecule has 0 fully saturated rings. The van der Waals surface area contributed by atoms with Gasteiger partial charge in [0.15, 0.2) is 11.2 Å². The van der Waals surface area contributed by atoms with Gasteiger partial charge in [0.1, 0.15) is 29.2 Å². The van der Waals surface area contributed by atoms with Crippen LogP contribution in [-0.4, -0.2) is 49.0 Å². The Bertz CT molecular complexity index is 1790. The molecule has 0 aliphatic rings. The number of nitrogens with two attached hydrogens (primary N) is 1. The van der Waals surface area contributed by atoms with Crippen LogP contribution >= 0.6 is 8.58 Å². The fourth-order valence-electron chi connectivity index (χ4n) is 4.62. The standard InChI is InChI=1S/C28H29N8OP/c1-5-38-28-33-21-11-10-18(13-22(21)37-28)24-23-25(29)30-15-31-27(23)36(34-24)14-19-12-17-8-6-7-9-20(17)32-26(19)35(4)16(2)3/h6-13,15-16,38H,5,14H2,1-4H3,(H2,29,30,31). The van der Waals surface area contributed by atoms with Crippen molar-refractivity contribution in [3.8, 4) is 11.3 Å². The zero-order chi connectivity index (χ0) is 26.4. The topological polar surface area (TPSA) is 112 Å². The van der Waals surface area contributed by atoms with Crippen LogP contribution in [0.5, 0.6) is 0 Å². The maximum Gasteiger partial charge on any atom is 0.214 e. The number of oxazole rings is 1. The first kappa shape index (κ1) is 24.2. The van der Waals surface area contributed by atoms with Crippen LogP contribution < -0.4 is 16.3 Å². The first-order chi connectivity index (χ1) is 18.4. The molecular formula is C28H29N8OP. The number of anilines is 2. The summed E-state index contributed by atoms with van der Waals surface area (Å²) in [5, 5.41) is 6.81. The van der Waals surface area contributed by atoms with Crippen LogP contribution in [-0.2, 0) is 6.54 Å². The lowest BCUT2D eigenvalue weighted by atomic mass is 10.1. The second kappa shape index (κ2) is 9.65. The minimum atomic E-state index is 0.275. The second-order valence-corrected chi connectivity index (χ2v) is 11.1. The highest BCUT2D eigenvalue weighted by molar-refractivity contribution is 7.46. The van der Waals surface area contributed by atoms with E-state index in [1.165, 1.54) is 6.33 Å². The average Bonchev–Trinajstić information content (AvgIpc) is 3.49. The van der Waals surface area contributed by atoms with Gasteiger partial charge in [0.2, 0.25) is 5.63 Å². The molecule has 2 aromatic carbocycles. The number of fused-ring (bicyclic) bond motifs is 3. The molecule has 1 unspecified atom stereocenters. The predicted molar refractivity (Wildman–Crippen MR) is 156 cm³/mol. The molecule has 0 spiro atoms. The molecule has 192 valence electrons. The Morgan fingerprint density at radius 2 is 1.89 bits per heavy atom. The largest absolute Gasteiger partial charge is 0.437 e. The van der Waals surface area contributed by atoms with Crippen molar-refractivity contribution in [1.82, 2.24) is 29.7 Å². The number of nitrogen functional groups attached to an aromatic ring is 1. The van der Waals surface area contributed by atoms with Gasteiger partial charge in [0, 0.05) is 29.6 Å². The maximum absolute atomic E-state index is 6.39. The molecule has 0 amide bonds. The van der Waals surface area contributed by atoms with Gasteiger partial charge in [-0.2, -0.15) is 5.10 Å². The van der Waals surface area contributed by atoms with Crippen molar-refractivity contribution in [3.63, 3.8) is 0 Å². The molecule has 0 aliphatic carbocycles. The zero-order valence-corrected chi connectivity index (χ0v) is 22.8. The molecule has 0 radical (unpaired) electrons. The molecular weight excluding hydrogens is 495 g/mol. The SMILES string of the molecule is CCPc1nc2ccc(-c3nn(Cc4cc5ccccc5nc4N(C)C(C)C)c4ncnc(N)c34)cc2o1. The summed E-state index contributed by atoms with van der Waals surface area (Å²) >= 11 is 0. The third-order valence-electron chi connectivity index (χ3n) is 6.76. The third kappa shape index (κ3) is 4.23. The molecule has 10 heteroatoms. The third-order valence-corrected chi connectivity index (χ3v) is 7.63. The molecule has 38 heavy (non-hydrogen) atoms. The number of benzene rings is 2. The lowest BCUT2D eigenvalue weighted by Crippen LogP contribution is -2.28. The smallest absolute Gasteiger partial charge is 0.214 e. The van der Waals surface area contributed by atoms with Crippen molar-refractivity contribution in [2.24, 2.45) is 0 Å². The summed E-state index contributed by atoms with van der Waals surface area (Å²) in [6.07, 6.45) is 2.48. The Morgan fingerprint density at radius 3 is 2.71 bits per heavy atom. The van der Waals surface area contributed by atoms with Crippen LogP contribution in [0.1, 0.15) is 26.3 Å². The van der Waals surface area contributed by atoms with E-state index in [4.69, 9.17) is 20.2 Å². The highest BCUT2D eigenvalue weighted by Gasteiger charge is 2.21. The highest BCUT2D eigenvalue weighted by Crippen LogP contribution is 2.33. The van der Waals surface area contributed by atoms with E-state index in [2.05, 4.69) is 59.8 Å². The Balaban J connectivity index is 1.50. The van der Waals surface area contributed by atoms with E-state index in [0.717, 1.165) is 56.1 Å². The van der Waals surface area contributed by atoms with Crippen molar-refractivity contribution in [1.29, 1.82) is 0 Å². The molecule has 6 aromatic rings. The molecule has 6 rings (SSSR count). The summed E-state index contributed by atoms with van der Waals surface area (Å²) in [6, 6.07) is 16.6. The first-order valence-electron chi connectivity index (χ1n) is 12.7. The Kier molecular flexibility index (Phi) is 6.16. The monoisotopic (exact) mass is 524 g/mol. The van der Waals surface area contributed by atoms with Gasteiger partial charge in [-0.3, -0.25) is 0 Å². The van der Waals surface area contributed by atoms with Crippen molar-refractivity contribution in [2.75, 3.05) is 23.8 Å². The minimum Gasteiger partial charge on any atom is -0.437 e. The predicted octanol–water partition coefficient (Wildman–Crippen LogP) is 4.98. The van der Waals surface area contributed by atoms with Crippen LogP contribution in [0.3, 0.4) is 0 Å². The van der Waals surface area contributed by atoms with E-state index in [1.54, 1.807) is 0 Å². The van der Waals surface area contributed by atoms with Gasteiger partial charge in [-0.15, -0.1) is 0 Å². The van der Waals surface area contributed by atoms with Crippen LogP contribution in [0.2, 0.25) is 0 Å². The van der Waals surface area contributed by atoms with Crippen molar-refractivity contribution in [2.45, 2.75) is 33.4 Å². The summed E-state index contributed by atoms with van der Waals surface area (Å²) in [4.78, 5) is 20.7. The molecule has 2 N–H and O–H groups in total. The van der Waals surface area contributed by atoms with E-state index in [1.807, 2.05) is 41.1 Å². The minimum absolute atomic E-state index is 0.275. The lowest BCUT2D eigenvalue weighted by Gasteiger charge is -2.25. The number of nitrogens with zero attached hydrogens (tertiary/aromatic N) is 7. The fraction of sp³-hybridized carbons (Fsp3) is 0.250. The zero-order valence-electron chi connectivity index (χ0n) is 21.8. The molecule has 0 aliphatic heterocycles. The number of rotatable bonds is 7. The lowest BCUT2D eigenvalue weighted by molar-refractivity contribution is 0.645. The molecule has 4 heterocycles. The number of aromatic nitrogens is 6. The molecule has 9 nitrogen and oxygen atoms in total.